The molecule has 2 atom stereocenters. The highest BCUT2D eigenvalue weighted by Crippen LogP contribution is 2.31. The molecule has 3 heteroatoms. The van der Waals surface area contributed by atoms with E-state index in [0.29, 0.717) is 6.04 Å². The number of nitrogens with zero attached hydrogens (tertiary/aromatic N) is 1. The molecule has 1 aromatic carbocycles. The Morgan fingerprint density at radius 1 is 1.45 bits per heavy atom. The first-order valence-corrected chi connectivity index (χ1v) is 7.45. The van der Waals surface area contributed by atoms with Gasteiger partial charge in [-0.3, -0.25) is 5.32 Å². The summed E-state index contributed by atoms with van der Waals surface area (Å²) in [6.45, 7) is 6.24. The Balaban J connectivity index is 2.05. The van der Waals surface area contributed by atoms with Gasteiger partial charge in [0, 0.05) is 12.5 Å². The molecule has 0 aromatic heterocycles. The van der Waals surface area contributed by atoms with Gasteiger partial charge in [-0.15, -0.1) is 0 Å². The van der Waals surface area contributed by atoms with Gasteiger partial charge in [0.2, 0.25) is 0 Å². The second kappa shape index (κ2) is 6.28. The Labute approximate surface area is 121 Å². The zero-order valence-electron chi connectivity index (χ0n) is 12.6. The molecule has 0 spiro atoms. The summed E-state index contributed by atoms with van der Waals surface area (Å²) in [7, 11) is 0. The molecule has 0 radical (unpaired) electrons. The zero-order valence-corrected chi connectivity index (χ0v) is 12.6. The standard InChI is InChI=1S/C17H24N2O/c1-13(2)19-17(12-18)9-5-8-16(11-17)20-15-7-4-6-14(3)10-15/h4,6-7,10,13,16,19H,5,8-9,11H2,1-3H3. The van der Waals surface area contributed by atoms with Crippen LogP contribution in [-0.2, 0) is 0 Å². The van der Waals surface area contributed by atoms with Crippen LogP contribution in [0, 0.1) is 18.3 Å². The van der Waals surface area contributed by atoms with Crippen molar-refractivity contribution in [1.82, 2.24) is 5.32 Å². The lowest BCUT2D eigenvalue weighted by Gasteiger charge is -2.37. The third-order valence-electron chi connectivity index (χ3n) is 3.78. The van der Waals surface area contributed by atoms with E-state index in [-0.39, 0.29) is 6.10 Å². The van der Waals surface area contributed by atoms with Crippen LogP contribution in [0.25, 0.3) is 0 Å². The van der Waals surface area contributed by atoms with Gasteiger partial charge in [0.05, 0.1) is 6.07 Å². The number of hydrogen-bond acceptors (Lipinski definition) is 3. The van der Waals surface area contributed by atoms with Crippen LogP contribution in [0.1, 0.15) is 45.1 Å². The zero-order chi connectivity index (χ0) is 14.6. The van der Waals surface area contributed by atoms with E-state index >= 15 is 0 Å². The van der Waals surface area contributed by atoms with Crippen molar-refractivity contribution >= 4 is 0 Å². The van der Waals surface area contributed by atoms with Crippen molar-refractivity contribution in [3.8, 4) is 11.8 Å². The molecule has 1 aliphatic carbocycles. The van der Waals surface area contributed by atoms with Crippen LogP contribution >= 0.6 is 0 Å². The van der Waals surface area contributed by atoms with Crippen molar-refractivity contribution in [2.24, 2.45) is 0 Å². The van der Waals surface area contributed by atoms with Crippen molar-refractivity contribution in [2.75, 3.05) is 0 Å². The molecule has 0 saturated heterocycles. The molecule has 2 rings (SSSR count). The van der Waals surface area contributed by atoms with Crippen LogP contribution in [0.15, 0.2) is 24.3 Å². The van der Waals surface area contributed by atoms with E-state index in [1.807, 2.05) is 12.1 Å². The van der Waals surface area contributed by atoms with Crippen molar-refractivity contribution < 1.29 is 4.74 Å². The third kappa shape index (κ3) is 3.74. The monoisotopic (exact) mass is 272 g/mol. The largest absolute Gasteiger partial charge is 0.490 e. The van der Waals surface area contributed by atoms with Gasteiger partial charge in [-0.05, 0) is 57.7 Å². The molecular formula is C17H24N2O. The van der Waals surface area contributed by atoms with Gasteiger partial charge in [0.25, 0.3) is 0 Å². The maximum Gasteiger partial charge on any atom is 0.119 e. The summed E-state index contributed by atoms with van der Waals surface area (Å²) >= 11 is 0. The molecule has 2 unspecified atom stereocenters. The van der Waals surface area contributed by atoms with E-state index < -0.39 is 5.54 Å². The Morgan fingerprint density at radius 2 is 2.25 bits per heavy atom. The number of ether oxygens (including phenoxy) is 1. The molecule has 1 saturated carbocycles. The van der Waals surface area contributed by atoms with Gasteiger partial charge in [0.1, 0.15) is 17.4 Å². The number of aryl methyl sites for hydroxylation is 1. The van der Waals surface area contributed by atoms with Gasteiger partial charge >= 0.3 is 0 Å². The fraction of sp³-hybridized carbons (Fsp3) is 0.588. The SMILES string of the molecule is Cc1cccc(OC2CCCC(C#N)(NC(C)C)C2)c1. The summed E-state index contributed by atoms with van der Waals surface area (Å²) in [5.41, 5.74) is 0.770. The summed E-state index contributed by atoms with van der Waals surface area (Å²) in [4.78, 5) is 0. The predicted molar refractivity (Wildman–Crippen MR) is 80.7 cm³/mol. The van der Waals surface area contributed by atoms with Gasteiger partial charge in [-0.2, -0.15) is 5.26 Å². The first kappa shape index (κ1) is 14.9. The van der Waals surface area contributed by atoms with Crippen molar-refractivity contribution in [1.29, 1.82) is 5.26 Å². The van der Waals surface area contributed by atoms with Gasteiger partial charge in [-0.25, -0.2) is 0 Å². The molecule has 3 nitrogen and oxygen atoms in total. The van der Waals surface area contributed by atoms with Crippen LogP contribution in [0.4, 0.5) is 0 Å². The Hall–Kier alpha value is -1.53. The van der Waals surface area contributed by atoms with E-state index in [4.69, 9.17) is 4.74 Å². The van der Waals surface area contributed by atoms with Crippen molar-refractivity contribution in [3.63, 3.8) is 0 Å². The first-order valence-electron chi connectivity index (χ1n) is 7.45. The molecule has 0 heterocycles. The van der Waals surface area contributed by atoms with E-state index in [9.17, 15) is 5.26 Å². The third-order valence-corrected chi connectivity index (χ3v) is 3.78. The van der Waals surface area contributed by atoms with E-state index in [1.54, 1.807) is 0 Å². The highest BCUT2D eigenvalue weighted by atomic mass is 16.5. The summed E-state index contributed by atoms with van der Waals surface area (Å²) in [6, 6.07) is 10.9. The molecule has 1 aliphatic rings. The number of nitriles is 1. The predicted octanol–water partition coefficient (Wildman–Crippen LogP) is 3.58. The summed E-state index contributed by atoms with van der Waals surface area (Å²) < 4.78 is 6.08. The molecule has 1 N–H and O–H groups in total. The van der Waals surface area contributed by atoms with E-state index in [0.717, 1.165) is 31.4 Å². The van der Waals surface area contributed by atoms with E-state index in [2.05, 4.69) is 44.3 Å². The van der Waals surface area contributed by atoms with Crippen LogP contribution in [0.2, 0.25) is 0 Å². The highest BCUT2D eigenvalue weighted by molar-refractivity contribution is 5.28. The van der Waals surface area contributed by atoms with Gasteiger partial charge in [-0.1, -0.05) is 12.1 Å². The maximum atomic E-state index is 9.55. The first-order chi connectivity index (χ1) is 9.53. The smallest absolute Gasteiger partial charge is 0.119 e. The second-order valence-corrected chi connectivity index (χ2v) is 6.15. The quantitative estimate of drug-likeness (QED) is 0.911. The number of benzene rings is 1. The number of nitrogens with one attached hydrogen (secondary N) is 1. The Bertz CT molecular complexity index is 492. The highest BCUT2D eigenvalue weighted by Gasteiger charge is 2.37. The minimum Gasteiger partial charge on any atom is -0.490 e. The lowest BCUT2D eigenvalue weighted by atomic mass is 9.80. The van der Waals surface area contributed by atoms with Crippen LogP contribution in [0.3, 0.4) is 0 Å². The van der Waals surface area contributed by atoms with Crippen molar-refractivity contribution in [3.05, 3.63) is 29.8 Å². The molecule has 1 aromatic rings. The van der Waals surface area contributed by atoms with Gasteiger partial charge in [0.15, 0.2) is 0 Å². The lowest BCUT2D eigenvalue weighted by Crippen LogP contribution is -2.52. The molecule has 1 fully saturated rings. The molecule has 0 amide bonds. The normalized spacial score (nSPS) is 26.2. The minimum absolute atomic E-state index is 0.122. The number of hydrogen-bond donors (Lipinski definition) is 1. The van der Waals surface area contributed by atoms with Gasteiger partial charge < -0.3 is 4.74 Å². The van der Waals surface area contributed by atoms with E-state index in [1.165, 1.54) is 5.56 Å². The summed E-state index contributed by atoms with van der Waals surface area (Å²) in [6.07, 6.45) is 3.85. The molecular weight excluding hydrogens is 248 g/mol. The summed E-state index contributed by atoms with van der Waals surface area (Å²) in [5.74, 6) is 0.910. The second-order valence-electron chi connectivity index (χ2n) is 6.15. The molecule has 0 aliphatic heterocycles. The van der Waals surface area contributed by atoms with Crippen LogP contribution < -0.4 is 10.1 Å². The summed E-state index contributed by atoms with van der Waals surface area (Å²) in [5, 5.41) is 13.0. The maximum absolute atomic E-state index is 9.55. The molecule has 20 heavy (non-hydrogen) atoms. The molecule has 0 bridgehead atoms. The fourth-order valence-corrected chi connectivity index (χ4v) is 3.02. The average Bonchev–Trinajstić information content (AvgIpc) is 2.38. The minimum atomic E-state index is -0.430. The molecule has 108 valence electrons. The van der Waals surface area contributed by atoms with Crippen molar-refractivity contribution in [2.45, 2.75) is 64.1 Å². The van der Waals surface area contributed by atoms with Crippen LogP contribution in [0.5, 0.6) is 5.75 Å². The Kier molecular flexibility index (Phi) is 4.67. The topological polar surface area (TPSA) is 45.0 Å². The fourth-order valence-electron chi connectivity index (χ4n) is 3.02. The van der Waals surface area contributed by atoms with Crippen LogP contribution in [-0.4, -0.2) is 17.7 Å². The number of rotatable bonds is 4. The average molecular weight is 272 g/mol. The Morgan fingerprint density at radius 3 is 2.90 bits per heavy atom. The lowest BCUT2D eigenvalue weighted by molar-refractivity contribution is 0.109.